The first kappa shape index (κ1) is 40.9. The number of halogens is 2. The van der Waals surface area contributed by atoms with Crippen molar-refractivity contribution in [3.63, 3.8) is 0 Å². The minimum Gasteiger partial charge on any atom is -0.475 e. The Hall–Kier alpha value is -7.83. The summed E-state index contributed by atoms with van der Waals surface area (Å²) in [5.41, 5.74) is 1.07. The number of carbonyl (C=O) groups excluding carboxylic acids is 3. The lowest BCUT2D eigenvalue weighted by molar-refractivity contribution is 0.189. The summed E-state index contributed by atoms with van der Waals surface area (Å²) in [7, 11) is 0. The number of fused-ring (bicyclic) bond motifs is 2. The second-order valence-electron chi connectivity index (χ2n) is 13.7. The van der Waals surface area contributed by atoms with Crippen molar-refractivity contribution in [2.75, 3.05) is 54.1 Å². The van der Waals surface area contributed by atoms with Crippen LogP contribution in [-0.4, -0.2) is 82.4 Å². The van der Waals surface area contributed by atoms with Gasteiger partial charge in [-0.25, -0.2) is 38.0 Å². The van der Waals surface area contributed by atoms with Gasteiger partial charge in [0, 0.05) is 50.1 Å². The SMILES string of the molecule is CCOc1nc2oc(C)cc2nc1N(C(=O)Oc1ccccc1)C(=O)Oc1ccccc1N(C(=O)N1CCN(c2cc(F)cc(F)c2)CC1)c1nc2cc(C)oc2nc1OCC. The molecule has 0 radical (unpaired) electrons. The Morgan fingerprint density at radius 2 is 1.23 bits per heavy atom. The summed E-state index contributed by atoms with van der Waals surface area (Å²) in [6.45, 7) is 7.63. The summed E-state index contributed by atoms with van der Waals surface area (Å²) in [6.07, 6.45) is -2.53. The number of para-hydroxylation sites is 3. The lowest BCUT2D eigenvalue weighted by atomic mass is 10.2. The van der Waals surface area contributed by atoms with E-state index in [-0.39, 0.29) is 96.9 Å². The van der Waals surface area contributed by atoms with Crippen LogP contribution in [0.2, 0.25) is 0 Å². The fraction of sp³-hybridized carbons (Fsp3) is 0.233. The zero-order valence-electron chi connectivity index (χ0n) is 33.8. The van der Waals surface area contributed by atoms with Crippen LogP contribution in [0.3, 0.4) is 0 Å². The zero-order valence-corrected chi connectivity index (χ0v) is 33.8. The predicted octanol–water partition coefficient (Wildman–Crippen LogP) is 8.74. The van der Waals surface area contributed by atoms with E-state index in [9.17, 15) is 23.2 Å². The molecule has 1 fully saturated rings. The highest BCUT2D eigenvalue weighted by Gasteiger charge is 2.37. The van der Waals surface area contributed by atoms with Gasteiger partial charge in [0.15, 0.2) is 5.75 Å². The number of imide groups is 1. The van der Waals surface area contributed by atoms with Crippen molar-refractivity contribution in [3.8, 4) is 23.3 Å². The summed E-state index contributed by atoms with van der Waals surface area (Å²) in [5, 5.41) is 0. The molecule has 5 heterocycles. The molecule has 0 spiro atoms. The lowest BCUT2D eigenvalue weighted by Crippen LogP contribution is -2.52. The highest BCUT2D eigenvalue weighted by Crippen LogP contribution is 2.40. The van der Waals surface area contributed by atoms with Crippen molar-refractivity contribution in [3.05, 3.63) is 108 Å². The normalized spacial score (nSPS) is 12.7. The molecule has 0 atom stereocenters. The number of aromatic nitrogens is 4. The molecular formula is C43H38F2N8O9. The van der Waals surface area contributed by atoms with Crippen molar-refractivity contribution in [2.24, 2.45) is 0 Å². The summed E-state index contributed by atoms with van der Waals surface area (Å²) in [6, 6.07) is 19.9. The maximum atomic E-state index is 15.0. The fourth-order valence-electron chi connectivity index (χ4n) is 6.74. The van der Waals surface area contributed by atoms with E-state index in [1.54, 1.807) is 75.1 Å². The first-order valence-electron chi connectivity index (χ1n) is 19.5. The monoisotopic (exact) mass is 848 g/mol. The second kappa shape index (κ2) is 17.4. The standard InChI is InChI=1S/C43H38F2N8O9/c1-5-57-39-35(46-31-20-25(3)59-37(31)48-39)52(41(54)51-18-16-50(17-19-51)29-23-27(44)22-28(45)24-29)33-14-10-11-15-34(33)62-43(56)53(42(55)61-30-12-8-7-9-13-30)36-40(58-6-2)49-38-32(47-36)21-26(4)60-38/h7-15,20-24H,5-6,16-19H2,1-4H3. The summed E-state index contributed by atoms with van der Waals surface area (Å²) in [4.78, 5) is 66.9. The molecule has 17 nitrogen and oxygen atoms in total. The summed E-state index contributed by atoms with van der Waals surface area (Å²) in [5.74, 6) is -1.36. The van der Waals surface area contributed by atoms with Crippen LogP contribution in [0.4, 0.5) is 46.2 Å². The molecule has 0 bridgehead atoms. The molecule has 0 saturated carbocycles. The highest BCUT2D eigenvalue weighted by molar-refractivity contribution is 6.11. The third kappa shape index (κ3) is 8.45. The molecule has 3 aromatic carbocycles. The van der Waals surface area contributed by atoms with Crippen LogP contribution in [0.5, 0.6) is 23.3 Å². The van der Waals surface area contributed by atoms with Crippen molar-refractivity contribution < 1.29 is 50.9 Å². The van der Waals surface area contributed by atoms with Crippen LogP contribution in [-0.2, 0) is 0 Å². The number of benzene rings is 3. The zero-order chi connectivity index (χ0) is 43.5. The molecule has 1 aliphatic rings. The number of urea groups is 1. The Morgan fingerprint density at radius 3 is 1.84 bits per heavy atom. The number of carbonyl (C=O) groups is 3. The van der Waals surface area contributed by atoms with Gasteiger partial charge >= 0.3 is 18.2 Å². The molecule has 62 heavy (non-hydrogen) atoms. The van der Waals surface area contributed by atoms with Crippen LogP contribution in [0.1, 0.15) is 25.4 Å². The quantitative estimate of drug-likeness (QED) is 0.128. The van der Waals surface area contributed by atoms with Crippen LogP contribution in [0, 0.1) is 25.5 Å². The van der Waals surface area contributed by atoms with Crippen molar-refractivity contribution >= 4 is 63.7 Å². The van der Waals surface area contributed by atoms with Gasteiger partial charge in [-0.2, -0.15) is 14.9 Å². The van der Waals surface area contributed by atoms with Crippen molar-refractivity contribution in [1.29, 1.82) is 0 Å². The molecule has 8 rings (SSSR count). The van der Waals surface area contributed by atoms with E-state index in [1.165, 1.54) is 46.2 Å². The predicted molar refractivity (Wildman–Crippen MR) is 221 cm³/mol. The van der Waals surface area contributed by atoms with Gasteiger partial charge in [-0.3, -0.25) is 0 Å². The molecule has 0 aliphatic carbocycles. The number of aryl methyl sites for hydroxylation is 2. The van der Waals surface area contributed by atoms with Gasteiger partial charge < -0.3 is 37.6 Å². The molecule has 7 aromatic rings. The number of ether oxygens (including phenoxy) is 4. The van der Waals surface area contributed by atoms with E-state index in [4.69, 9.17) is 32.8 Å². The molecule has 0 unspecified atom stereocenters. The highest BCUT2D eigenvalue weighted by atomic mass is 19.1. The van der Waals surface area contributed by atoms with Gasteiger partial charge in [0.2, 0.25) is 23.1 Å². The minimum atomic E-state index is -1.31. The van der Waals surface area contributed by atoms with Gasteiger partial charge in [0.1, 0.15) is 39.9 Å². The van der Waals surface area contributed by atoms with E-state index >= 15 is 0 Å². The Bertz CT molecular complexity index is 2770. The third-order valence-corrected chi connectivity index (χ3v) is 9.43. The van der Waals surface area contributed by atoms with E-state index in [0.717, 1.165) is 6.07 Å². The van der Waals surface area contributed by atoms with Gasteiger partial charge in [0.25, 0.3) is 11.8 Å². The number of anilines is 4. The first-order chi connectivity index (χ1) is 30.0. The molecule has 4 aromatic heterocycles. The maximum Gasteiger partial charge on any atom is 0.431 e. The molecule has 1 saturated heterocycles. The Morgan fingerprint density at radius 1 is 0.677 bits per heavy atom. The van der Waals surface area contributed by atoms with Gasteiger partial charge in [-0.1, -0.05) is 30.3 Å². The fourth-order valence-corrected chi connectivity index (χ4v) is 6.74. The molecule has 4 amide bonds. The smallest absolute Gasteiger partial charge is 0.431 e. The Labute approximate surface area is 352 Å². The second-order valence-corrected chi connectivity index (χ2v) is 13.7. The average Bonchev–Trinajstić information content (AvgIpc) is 3.81. The largest absolute Gasteiger partial charge is 0.475 e. The van der Waals surface area contributed by atoms with Crippen LogP contribution < -0.4 is 33.6 Å². The van der Waals surface area contributed by atoms with Crippen LogP contribution in [0.25, 0.3) is 22.5 Å². The van der Waals surface area contributed by atoms with Crippen LogP contribution in [0.15, 0.2) is 93.8 Å². The van der Waals surface area contributed by atoms with E-state index in [0.29, 0.717) is 27.6 Å². The number of piperazine rings is 1. The topological polar surface area (TPSA) is 179 Å². The van der Waals surface area contributed by atoms with E-state index < -0.39 is 29.9 Å². The first-order valence-corrected chi connectivity index (χ1v) is 19.5. The van der Waals surface area contributed by atoms with Crippen molar-refractivity contribution in [1.82, 2.24) is 24.8 Å². The molecule has 19 heteroatoms. The third-order valence-electron chi connectivity index (χ3n) is 9.43. The minimum absolute atomic E-state index is 0.0105. The molecule has 318 valence electrons. The Kier molecular flexibility index (Phi) is 11.5. The van der Waals surface area contributed by atoms with Crippen molar-refractivity contribution in [2.45, 2.75) is 27.7 Å². The van der Waals surface area contributed by atoms with E-state index in [1.807, 2.05) is 0 Å². The lowest BCUT2D eigenvalue weighted by Gasteiger charge is -2.38. The summed E-state index contributed by atoms with van der Waals surface area (Å²) < 4.78 is 63.1. The molecular weight excluding hydrogens is 811 g/mol. The summed E-state index contributed by atoms with van der Waals surface area (Å²) >= 11 is 0. The van der Waals surface area contributed by atoms with Gasteiger partial charge in [-0.15, -0.1) is 0 Å². The van der Waals surface area contributed by atoms with Gasteiger partial charge in [0.05, 0.1) is 18.9 Å². The Balaban J connectivity index is 1.20. The number of nitrogens with zero attached hydrogens (tertiary/aromatic N) is 8. The number of rotatable bonds is 10. The van der Waals surface area contributed by atoms with Crippen LogP contribution >= 0.6 is 0 Å². The number of furan rings is 2. The average molecular weight is 849 g/mol. The number of amides is 4. The number of hydrogen-bond acceptors (Lipinski definition) is 14. The molecule has 0 N–H and O–H groups in total. The van der Waals surface area contributed by atoms with E-state index in [2.05, 4.69) is 15.0 Å². The van der Waals surface area contributed by atoms with Gasteiger partial charge in [-0.05, 0) is 64.1 Å². The number of hydrogen-bond donors (Lipinski definition) is 0. The molecule has 1 aliphatic heterocycles. The maximum absolute atomic E-state index is 15.0.